The number of ether oxygens (including phenoxy) is 3. The van der Waals surface area contributed by atoms with Gasteiger partial charge in [0.25, 0.3) is 0 Å². The molecule has 0 amide bonds. The summed E-state index contributed by atoms with van der Waals surface area (Å²) in [4.78, 5) is 14.1. The fraction of sp³-hybridized carbons (Fsp3) is 0.516. The number of carbonyl (C=O) groups excluding carboxylic acids is 1. The van der Waals surface area contributed by atoms with Crippen LogP contribution in [0.3, 0.4) is 0 Å². The summed E-state index contributed by atoms with van der Waals surface area (Å²) in [5.74, 6) is 1.38. The lowest BCUT2D eigenvalue weighted by Gasteiger charge is -2.37. The maximum Gasteiger partial charge on any atom is 0.330 e. The summed E-state index contributed by atoms with van der Waals surface area (Å²) in [5.41, 5.74) is 4.87. The Hall–Kier alpha value is -2.61. The summed E-state index contributed by atoms with van der Waals surface area (Å²) in [6.45, 7) is 13.9. The normalized spacial score (nSPS) is 15.7. The van der Waals surface area contributed by atoms with Crippen molar-refractivity contribution < 1.29 is 23.4 Å². The van der Waals surface area contributed by atoms with Crippen molar-refractivity contribution in [2.24, 2.45) is 0 Å². The molecule has 0 heterocycles. The van der Waals surface area contributed by atoms with Crippen molar-refractivity contribution in [1.82, 2.24) is 4.90 Å². The predicted octanol–water partition coefficient (Wildman–Crippen LogP) is 6.44. The van der Waals surface area contributed by atoms with Crippen molar-refractivity contribution in [1.29, 1.82) is 0 Å². The Kier molecular flexibility index (Phi) is 10.2. The van der Waals surface area contributed by atoms with E-state index in [9.17, 15) is 4.79 Å². The highest BCUT2D eigenvalue weighted by Crippen LogP contribution is 2.38. The minimum atomic E-state index is -1.83. The highest BCUT2D eigenvalue weighted by Gasteiger charge is 2.37. The quantitative estimate of drug-likeness (QED) is 0.176. The van der Waals surface area contributed by atoms with Gasteiger partial charge in [-0.05, 0) is 83.9 Å². The molecule has 38 heavy (non-hydrogen) atoms. The Morgan fingerprint density at radius 3 is 2.47 bits per heavy atom. The average Bonchev–Trinajstić information content (AvgIpc) is 3.31. The number of rotatable bonds is 12. The smallest absolute Gasteiger partial charge is 0.330 e. The number of fused-ring (bicyclic) bond motifs is 1. The molecule has 0 bridgehead atoms. The molecule has 7 heteroatoms. The summed E-state index contributed by atoms with van der Waals surface area (Å²) < 4.78 is 22.4. The van der Waals surface area contributed by atoms with Gasteiger partial charge in [-0.15, -0.1) is 0 Å². The molecule has 1 aliphatic rings. The van der Waals surface area contributed by atoms with Gasteiger partial charge in [-0.3, -0.25) is 4.90 Å². The Morgan fingerprint density at radius 2 is 1.82 bits per heavy atom. The zero-order chi connectivity index (χ0) is 27.9. The maximum atomic E-state index is 11.5. The van der Waals surface area contributed by atoms with Gasteiger partial charge in [0.05, 0.1) is 21.3 Å². The van der Waals surface area contributed by atoms with Crippen molar-refractivity contribution >= 4 is 20.4 Å². The Bertz CT molecular complexity index is 1120. The van der Waals surface area contributed by atoms with Crippen LogP contribution in [0.2, 0.25) is 18.1 Å². The molecule has 0 saturated heterocycles. The van der Waals surface area contributed by atoms with Crippen LogP contribution in [0.25, 0.3) is 6.08 Å². The number of carbonyl (C=O) groups is 1. The first kappa shape index (κ1) is 29.9. The van der Waals surface area contributed by atoms with Gasteiger partial charge in [-0.25, -0.2) is 4.79 Å². The highest BCUT2D eigenvalue weighted by molar-refractivity contribution is 6.74. The van der Waals surface area contributed by atoms with Crippen LogP contribution >= 0.6 is 0 Å². The maximum absolute atomic E-state index is 11.5. The van der Waals surface area contributed by atoms with E-state index >= 15 is 0 Å². The number of aryl methyl sites for hydroxylation is 1. The third-order valence-corrected chi connectivity index (χ3v) is 12.6. The van der Waals surface area contributed by atoms with Crippen molar-refractivity contribution in [3.8, 4) is 11.5 Å². The highest BCUT2D eigenvalue weighted by atomic mass is 28.4. The van der Waals surface area contributed by atoms with E-state index in [-0.39, 0.29) is 11.0 Å². The molecule has 1 unspecified atom stereocenters. The van der Waals surface area contributed by atoms with E-state index in [1.165, 1.54) is 24.3 Å². The molecule has 0 aliphatic heterocycles. The lowest BCUT2D eigenvalue weighted by molar-refractivity contribution is -0.134. The summed E-state index contributed by atoms with van der Waals surface area (Å²) in [7, 11) is 2.97. The number of methoxy groups -OCH3 is 3. The largest absolute Gasteiger partial charge is 0.497 e. The molecule has 3 rings (SSSR count). The Balaban J connectivity index is 1.81. The van der Waals surface area contributed by atoms with E-state index in [0.29, 0.717) is 6.04 Å². The number of benzene rings is 2. The second-order valence-corrected chi connectivity index (χ2v) is 16.3. The molecule has 6 nitrogen and oxygen atoms in total. The third-order valence-electron chi connectivity index (χ3n) is 8.07. The van der Waals surface area contributed by atoms with Crippen LogP contribution in [-0.2, 0) is 26.8 Å². The number of esters is 1. The zero-order valence-corrected chi connectivity index (χ0v) is 25.4. The topological polar surface area (TPSA) is 57.2 Å². The molecular formula is C31H45NO5Si. The van der Waals surface area contributed by atoms with Crippen molar-refractivity contribution in [2.75, 3.05) is 41.0 Å². The Morgan fingerprint density at radius 1 is 1.05 bits per heavy atom. The number of hydrogen-bond donors (Lipinski definition) is 0. The second kappa shape index (κ2) is 13.0. The molecule has 2 aromatic carbocycles. The minimum absolute atomic E-state index is 0.180. The van der Waals surface area contributed by atoms with Gasteiger partial charge in [0.1, 0.15) is 11.5 Å². The second-order valence-electron chi connectivity index (χ2n) is 11.4. The van der Waals surface area contributed by atoms with E-state index < -0.39 is 8.32 Å². The van der Waals surface area contributed by atoms with E-state index in [2.05, 4.69) is 63.0 Å². The van der Waals surface area contributed by atoms with Crippen LogP contribution in [0.1, 0.15) is 55.5 Å². The molecule has 0 radical (unpaired) electrons. The molecule has 1 atom stereocenters. The van der Waals surface area contributed by atoms with Crippen molar-refractivity contribution in [3.63, 3.8) is 0 Å². The van der Waals surface area contributed by atoms with Gasteiger partial charge in [0.15, 0.2) is 8.32 Å². The van der Waals surface area contributed by atoms with Crippen LogP contribution < -0.4 is 9.47 Å². The van der Waals surface area contributed by atoms with E-state index in [0.717, 1.165) is 61.6 Å². The molecule has 0 saturated carbocycles. The van der Waals surface area contributed by atoms with E-state index in [4.69, 9.17) is 18.6 Å². The average molecular weight is 540 g/mol. The summed E-state index contributed by atoms with van der Waals surface area (Å²) >= 11 is 0. The third kappa shape index (κ3) is 7.49. The van der Waals surface area contributed by atoms with Gasteiger partial charge in [0.2, 0.25) is 0 Å². The fourth-order valence-electron chi connectivity index (χ4n) is 4.73. The van der Waals surface area contributed by atoms with Crippen molar-refractivity contribution in [2.45, 2.75) is 64.2 Å². The standard InChI is InChI=1S/C31H45NO5Si/c1-31(2,3)38(7,8)37-20-19-32(18-17-25-22-26(34-4)12-15-29(25)35-5)28-14-11-24-21-23(9-13-27(24)28)10-16-30(33)36-6/h9-10,12-13,15-16,21-22,28H,11,14,17-20H2,1-8H3. The molecular weight excluding hydrogens is 494 g/mol. The van der Waals surface area contributed by atoms with E-state index in [1.807, 2.05) is 18.2 Å². The molecule has 2 aromatic rings. The Labute approximate surface area is 230 Å². The molecule has 0 N–H and O–H groups in total. The fourth-order valence-corrected chi connectivity index (χ4v) is 5.76. The summed E-state index contributed by atoms with van der Waals surface area (Å²) in [5, 5.41) is 0.180. The molecule has 0 fully saturated rings. The first-order chi connectivity index (χ1) is 18.0. The van der Waals surface area contributed by atoms with Crippen LogP contribution in [0.4, 0.5) is 0 Å². The number of nitrogens with zero attached hydrogens (tertiary/aromatic N) is 1. The van der Waals surface area contributed by atoms with Crippen LogP contribution in [0.5, 0.6) is 11.5 Å². The van der Waals surface area contributed by atoms with Crippen LogP contribution in [0.15, 0.2) is 42.5 Å². The van der Waals surface area contributed by atoms with Gasteiger partial charge in [-0.1, -0.05) is 39.0 Å². The summed E-state index contributed by atoms with van der Waals surface area (Å²) in [6, 6.07) is 12.8. The molecule has 0 aromatic heterocycles. The lowest BCUT2D eigenvalue weighted by atomic mass is 10.0. The first-order valence-electron chi connectivity index (χ1n) is 13.5. The van der Waals surface area contributed by atoms with E-state index in [1.54, 1.807) is 14.2 Å². The first-order valence-corrected chi connectivity index (χ1v) is 16.4. The SMILES string of the molecule is COC(=O)C=Cc1ccc2c(c1)CCC2N(CCO[Si](C)(C)C(C)(C)C)CCc1cc(OC)ccc1OC. The van der Waals surface area contributed by atoms with Gasteiger partial charge in [-0.2, -0.15) is 0 Å². The summed E-state index contributed by atoms with van der Waals surface area (Å²) in [6.07, 6.45) is 6.22. The minimum Gasteiger partial charge on any atom is -0.497 e. The lowest BCUT2D eigenvalue weighted by Crippen LogP contribution is -2.43. The molecule has 1 aliphatic carbocycles. The van der Waals surface area contributed by atoms with Crippen LogP contribution in [0, 0.1) is 0 Å². The molecule has 208 valence electrons. The monoisotopic (exact) mass is 539 g/mol. The van der Waals surface area contributed by atoms with Crippen LogP contribution in [-0.4, -0.2) is 60.2 Å². The molecule has 0 spiro atoms. The van der Waals surface area contributed by atoms with Gasteiger partial charge in [0, 0.05) is 31.8 Å². The van der Waals surface area contributed by atoms with Gasteiger partial charge < -0.3 is 18.6 Å². The number of hydrogen-bond acceptors (Lipinski definition) is 6. The predicted molar refractivity (Wildman–Crippen MR) is 157 cm³/mol. The van der Waals surface area contributed by atoms with Gasteiger partial charge >= 0.3 is 5.97 Å². The zero-order valence-electron chi connectivity index (χ0n) is 24.4. The van der Waals surface area contributed by atoms with Crippen molar-refractivity contribution in [3.05, 3.63) is 64.7 Å².